The number of hydrogen-bond acceptors (Lipinski definition) is 7. The van der Waals surface area contributed by atoms with Gasteiger partial charge >= 0.3 is 17.9 Å². The average Bonchev–Trinajstić information content (AvgIpc) is 3.44. The number of likely N-dealkylation sites (N-methyl/N-ethyl adjacent to an activating group) is 1. The Bertz CT molecular complexity index is 1650. The maximum atomic E-state index is 12.9. The van der Waals surface area contributed by atoms with Crippen molar-refractivity contribution in [1.82, 2.24) is 0 Å². The highest BCUT2D eigenvalue weighted by molar-refractivity contribution is 5.71. The van der Waals surface area contributed by atoms with Gasteiger partial charge in [-0.2, -0.15) is 0 Å². The van der Waals surface area contributed by atoms with Crippen LogP contribution < -0.4 is 0 Å². The first-order chi connectivity index (χ1) is 39.6. The summed E-state index contributed by atoms with van der Waals surface area (Å²) in [4.78, 5) is 37.5. The molecule has 0 aliphatic heterocycles. The SMILES string of the molecule is CC/C=C\C/C=C\C/C=C\C/C=C\C/C=C\C/C=C\C/C=C\CCCCCCCCCCCCCCCCCCCCCC(=O)OC(COC(=O)CCCCCCC/C=C\CCCCCCCC)COC(OCC[N+](C)(C)C)C(=O)O. The quantitative estimate of drug-likeness (QED) is 0.0211. The van der Waals surface area contributed by atoms with Gasteiger partial charge in [0, 0.05) is 12.8 Å². The maximum absolute atomic E-state index is 12.9. The Morgan fingerprint density at radius 1 is 0.383 bits per heavy atom. The number of rotatable bonds is 61. The first kappa shape index (κ1) is 77.2. The Morgan fingerprint density at radius 3 is 1.06 bits per heavy atom. The summed E-state index contributed by atoms with van der Waals surface area (Å²) >= 11 is 0. The van der Waals surface area contributed by atoms with Gasteiger partial charge in [-0.1, -0.05) is 272 Å². The van der Waals surface area contributed by atoms with Crippen LogP contribution in [0.1, 0.15) is 284 Å². The highest BCUT2D eigenvalue weighted by atomic mass is 16.7. The van der Waals surface area contributed by atoms with E-state index in [1.54, 1.807) is 0 Å². The number of esters is 2. The van der Waals surface area contributed by atoms with E-state index in [2.05, 4.69) is 111 Å². The van der Waals surface area contributed by atoms with E-state index in [-0.39, 0.29) is 32.2 Å². The molecule has 0 aromatic carbocycles. The number of ether oxygens (including phenoxy) is 4. The van der Waals surface area contributed by atoms with Gasteiger partial charge in [0.05, 0.1) is 34.4 Å². The van der Waals surface area contributed by atoms with Crippen LogP contribution in [0.5, 0.6) is 0 Å². The number of hydrogen-bond donors (Lipinski definition) is 1. The third-order valence-corrected chi connectivity index (χ3v) is 14.3. The molecular formula is C72H126NO8+. The van der Waals surface area contributed by atoms with Gasteiger partial charge in [-0.15, -0.1) is 0 Å². The second-order valence-corrected chi connectivity index (χ2v) is 23.4. The summed E-state index contributed by atoms with van der Waals surface area (Å²) in [5.74, 6) is -2.01. The topological polar surface area (TPSA) is 108 Å². The predicted molar refractivity (Wildman–Crippen MR) is 345 cm³/mol. The molecule has 0 heterocycles. The Kier molecular flexibility index (Phi) is 59.3. The molecule has 9 nitrogen and oxygen atoms in total. The minimum Gasteiger partial charge on any atom is -0.477 e. The smallest absolute Gasteiger partial charge is 0.361 e. The Labute approximate surface area is 499 Å². The van der Waals surface area contributed by atoms with Crippen molar-refractivity contribution in [2.45, 2.75) is 296 Å². The van der Waals surface area contributed by atoms with Crippen LogP contribution in [0, 0.1) is 0 Å². The first-order valence-corrected chi connectivity index (χ1v) is 33.4. The average molecular weight is 1130 g/mol. The molecule has 0 aromatic heterocycles. The lowest BCUT2D eigenvalue weighted by atomic mass is 10.0. The van der Waals surface area contributed by atoms with Crippen molar-refractivity contribution in [3.8, 4) is 0 Å². The number of aliphatic carboxylic acids is 1. The van der Waals surface area contributed by atoms with Crippen molar-refractivity contribution in [2.75, 3.05) is 47.5 Å². The van der Waals surface area contributed by atoms with Gasteiger partial charge in [0.15, 0.2) is 6.10 Å². The largest absolute Gasteiger partial charge is 0.477 e. The summed E-state index contributed by atoms with van der Waals surface area (Å²) in [6.45, 7) is 4.76. The predicted octanol–water partition coefficient (Wildman–Crippen LogP) is 20.5. The molecule has 0 saturated carbocycles. The van der Waals surface area contributed by atoms with E-state index in [1.165, 1.54) is 154 Å². The molecule has 0 bridgehead atoms. The van der Waals surface area contributed by atoms with E-state index < -0.39 is 24.3 Å². The van der Waals surface area contributed by atoms with Gasteiger partial charge in [0.1, 0.15) is 13.2 Å². The van der Waals surface area contributed by atoms with Crippen LogP contribution in [0.2, 0.25) is 0 Å². The van der Waals surface area contributed by atoms with Crippen molar-refractivity contribution >= 4 is 17.9 Å². The van der Waals surface area contributed by atoms with E-state index in [1.807, 2.05) is 21.1 Å². The minimum atomic E-state index is -1.51. The zero-order valence-electron chi connectivity index (χ0n) is 53.2. The molecular weight excluding hydrogens is 1010 g/mol. The highest BCUT2D eigenvalue weighted by Crippen LogP contribution is 2.17. The lowest BCUT2D eigenvalue weighted by Crippen LogP contribution is -2.40. The fourth-order valence-corrected chi connectivity index (χ4v) is 9.23. The number of carboxylic acid groups (broad SMARTS) is 1. The molecule has 0 amide bonds. The van der Waals surface area contributed by atoms with Crippen molar-refractivity contribution in [3.63, 3.8) is 0 Å². The van der Waals surface area contributed by atoms with Crippen LogP contribution in [-0.4, -0.2) is 87.4 Å². The van der Waals surface area contributed by atoms with Crippen LogP contribution >= 0.6 is 0 Å². The van der Waals surface area contributed by atoms with Gasteiger partial charge in [-0.25, -0.2) is 4.79 Å². The second-order valence-electron chi connectivity index (χ2n) is 23.4. The van der Waals surface area contributed by atoms with E-state index >= 15 is 0 Å². The molecule has 466 valence electrons. The van der Waals surface area contributed by atoms with E-state index in [0.717, 1.165) is 103 Å². The number of unbranched alkanes of at least 4 members (excludes halogenated alkanes) is 30. The summed E-state index contributed by atoms with van der Waals surface area (Å²) in [5, 5.41) is 9.71. The Balaban J connectivity index is 4.00. The summed E-state index contributed by atoms with van der Waals surface area (Å²) < 4.78 is 22.9. The molecule has 0 aromatic rings. The maximum Gasteiger partial charge on any atom is 0.361 e. The van der Waals surface area contributed by atoms with Crippen LogP contribution in [0.3, 0.4) is 0 Å². The molecule has 0 radical (unpaired) electrons. The third kappa shape index (κ3) is 63.6. The van der Waals surface area contributed by atoms with Crippen molar-refractivity contribution in [2.24, 2.45) is 0 Å². The number of carbonyl (C=O) groups excluding carboxylic acids is 2. The lowest BCUT2D eigenvalue weighted by Gasteiger charge is -2.25. The van der Waals surface area contributed by atoms with Gasteiger partial charge in [-0.3, -0.25) is 9.59 Å². The van der Waals surface area contributed by atoms with Crippen molar-refractivity contribution in [1.29, 1.82) is 0 Å². The number of allylic oxidation sites excluding steroid dienone is 16. The molecule has 0 spiro atoms. The standard InChI is InChI=1S/C72H125NO8/c1-6-8-10-12-14-16-18-20-22-23-24-25-26-27-28-29-30-31-32-33-34-35-36-37-38-39-40-41-42-43-44-45-46-47-49-51-53-55-57-59-61-63-70(75)81-68(67-80-72(71(76)77)78-65-64-73(3,4)5)66-79-69(74)62-60-58-56-54-52-50-48-21-19-17-15-13-11-9-7-2/h8,10,14,16,20-22,24-25,27-28,30-31,33-34,48,68,72H,6-7,9,11-13,15,17-19,23,26,29,32,35-47,49-67H2,1-5H3/p+1/b10-8-,16-14-,22-20-,25-24-,28-27-,31-30-,34-33-,48-21-. The van der Waals surface area contributed by atoms with Crippen molar-refractivity contribution in [3.05, 3.63) is 97.2 Å². The number of carbonyl (C=O) groups is 3. The molecule has 2 atom stereocenters. The number of quaternary nitrogens is 1. The van der Waals surface area contributed by atoms with Gasteiger partial charge in [0.2, 0.25) is 0 Å². The summed E-state index contributed by atoms with van der Waals surface area (Å²) in [7, 11) is 5.97. The molecule has 0 aliphatic rings. The van der Waals surface area contributed by atoms with Crippen LogP contribution in [0.25, 0.3) is 0 Å². The van der Waals surface area contributed by atoms with Gasteiger partial charge in [-0.05, 0) is 96.3 Å². The zero-order valence-corrected chi connectivity index (χ0v) is 53.2. The second kappa shape index (κ2) is 62.3. The number of nitrogens with zero attached hydrogens (tertiary/aromatic N) is 1. The molecule has 2 unspecified atom stereocenters. The van der Waals surface area contributed by atoms with E-state index in [0.29, 0.717) is 17.4 Å². The molecule has 0 aliphatic carbocycles. The Morgan fingerprint density at radius 2 is 0.704 bits per heavy atom. The molecule has 1 N–H and O–H groups in total. The van der Waals surface area contributed by atoms with E-state index in [4.69, 9.17) is 18.9 Å². The summed E-state index contributed by atoms with van der Waals surface area (Å²) in [5.41, 5.74) is 0. The lowest BCUT2D eigenvalue weighted by molar-refractivity contribution is -0.870. The monoisotopic (exact) mass is 1130 g/mol. The zero-order chi connectivity index (χ0) is 59.1. The molecule has 0 saturated heterocycles. The first-order valence-electron chi connectivity index (χ1n) is 33.4. The van der Waals surface area contributed by atoms with E-state index in [9.17, 15) is 19.5 Å². The minimum absolute atomic E-state index is 0.185. The fraction of sp³-hybridized carbons (Fsp3) is 0.736. The normalized spacial score (nSPS) is 13.3. The molecule has 0 rings (SSSR count). The van der Waals surface area contributed by atoms with Crippen LogP contribution in [-0.2, 0) is 33.3 Å². The highest BCUT2D eigenvalue weighted by Gasteiger charge is 2.25. The summed E-state index contributed by atoms with van der Waals surface area (Å²) in [6.07, 6.45) is 82.4. The molecule has 9 heteroatoms. The molecule has 81 heavy (non-hydrogen) atoms. The van der Waals surface area contributed by atoms with Crippen LogP contribution in [0.4, 0.5) is 0 Å². The summed E-state index contributed by atoms with van der Waals surface area (Å²) in [6, 6.07) is 0. The fourth-order valence-electron chi connectivity index (χ4n) is 9.23. The Hall–Kier alpha value is -3.79. The van der Waals surface area contributed by atoms with Gasteiger partial charge in [0.25, 0.3) is 6.29 Å². The molecule has 0 fully saturated rings. The van der Waals surface area contributed by atoms with Gasteiger partial charge < -0.3 is 28.5 Å². The van der Waals surface area contributed by atoms with Crippen LogP contribution in [0.15, 0.2) is 97.2 Å². The van der Waals surface area contributed by atoms with Crippen molar-refractivity contribution < 1.29 is 42.9 Å². The third-order valence-electron chi connectivity index (χ3n) is 14.3. The number of carboxylic acids is 1.